The molecule has 0 aromatic carbocycles. The van der Waals surface area contributed by atoms with E-state index in [4.69, 9.17) is 0 Å². The van der Waals surface area contributed by atoms with Crippen molar-refractivity contribution in [2.75, 3.05) is 13.1 Å². The summed E-state index contributed by atoms with van der Waals surface area (Å²) < 4.78 is 26.1. The van der Waals surface area contributed by atoms with E-state index in [9.17, 15) is 13.2 Å². The van der Waals surface area contributed by atoms with E-state index >= 15 is 0 Å². The lowest BCUT2D eigenvalue weighted by molar-refractivity contribution is -0.123. The summed E-state index contributed by atoms with van der Waals surface area (Å²) in [4.78, 5) is 17.9. The van der Waals surface area contributed by atoms with Crippen LogP contribution in [0.25, 0.3) is 0 Å². The van der Waals surface area contributed by atoms with E-state index in [-0.39, 0.29) is 29.9 Å². The second-order valence-corrected chi connectivity index (χ2v) is 6.13. The molecule has 1 aromatic rings. The number of hydrogen-bond donors (Lipinski definition) is 3. The third-order valence-corrected chi connectivity index (χ3v) is 3.84. The van der Waals surface area contributed by atoms with Gasteiger partial charge in [0.1, 0.15) is 5.82 Å². The first kappa shape index (κ1) is 15.6. The van der Waals surface area contributed by atoms with Gasteiger partial charge in [0.25, 0.3) is 10.0 Å². The predicted molar refractivity (Wildman–Crippen MR) is 71.0 cm³/mol. The SMILES string of the molecule is CCc1ncc(S(=O)(=O)NCCNC(=O)C(C)C)[nH]1. The Bertz CT molecular complexity index is 522. The van der Waals surface area contributed by atoms with Crippen LogP contribution < -0.4 is 10.0 Å². The Morgan fingerprint density at radius 3 is 2.63 bits per heavy atom. The van der Waals surface area contributed by atoms with E-state index < -0.39 is 10.0 Å². The minimum Gasteiger partial charge on any atom is -0.355 e. The Morgan fingerprint density at radius 1 is 1.42 bits per heavy atom. The number of carbonyl (C=O) groups is 1. The molecule has 7 nitrogen and oxygen atoms in total. The molecule has 1 amide bonds. The Hall–Kier alpha value is -1.41. The van der Waals surface area contributed by atoms with Crippen molar-refractivity contribution in [3.8, 4) is 0 Å². The standard InChI is InChI=1S/C11H20N4O3S/c1-4-9-13-7-10(15-9)19(17,18)14-6-5-12-11(16)8(2)3/h7-8,14H,4-6H2,1-3H3,(H,12,16)(H,13,15). The van der Waals surface area contributed by atoms with Gasteiger partial charge in [-0.1, -0.05) is 20.8 Å². The van der Waals surface area contributed by atoms with Gasteiger partial charge >= 0.3 is 0 Å². The number of nitrogens with one attached hydrogen (secondary N) is 3. The normalized spacial score (nSPS) is 11.8. The fourth-order valence-electron chi connectivity index (χ4n) is 1.31. The molecule has 0 aliphatic heterocycles. The molecule has 108 valence electrons. The van der Waals surface area contributed by atoms with Crippen LogP contribution in [-0.2, 0) is 21.2 Å². The molecule has 0 radical (unpaired) electrons. The summed E-state index contributed by atoms with van der Waals surface area (Å²) in [6.07, 6.45) is 1.92. The highest BCUT2D eigenvalue weighted by molar-refractivity contribution is 7.89. The van der Waals surface area contributed by atoms with Crippen LogP contribution in [0.1, 0.15) is 26.6 Å². The quantitative estimate of drug-likeness (QED) is 0.615. The Kier molecular flexibility index (Phi) is 5.49. The highest BCUT2D eigenvalue weighted by atomic mass is 32.2. The number of aromatic amines is 1. The smallest absolute Gasteiger partial charge is 0.257 e. The molecule has 1 rings (SSSR count). The topological polar surface area (TPSA) is 104 Å². The number of H-pyrrole nitrogens is 1. The number of aryl methyl sites for hydroxylation is 1. The summed E-state index contributed by atoms with van der Waals surface area (Å²) >= 11 is 0. The molecule has 0 atom stereocenters. The fraction of sp³-hybridized carbons (Fsp3) is 0.636. The monoisotopic (exact) mass is 288 g/mol. The molecule has 0 spiro atoms. The number of carbonyl (C=O) groups excluding carboxylic acids is 1. The summed E-state index contributed by atoms with van der Waals surface area (Å²) in [5, 5.41) is 2.67. The molecule has 19 heavy (non-hydrogen) atoms. The van der Waals surface area contributed by atoms with E-state index in [1.165, 1.54) is 6.20 Å². The minimum atomic E-state index is -3.59. The van der Waals surface area contributed by atoms with Gasteiger partial charge in [-0.15, -0.1) is 0 Å². The molecular formula is C11H20N4O3S. The van der Waals surface area contributed by atoms with Crippen LogP contribution in [-0.4, -0.2) is 37.4 Å². The van der Waals surface area contributed by atoms with Gasteiger partial charge in [-0.3, -0.25) is 4.79 Å². The van der Waals surface area contributed by atoms with Crippen LogP contribution in [0.15, 0.2) is 11.2 Å². The maximum Gasteiger partial charge on any atom is 0.257 e. The van der Waals surface area contributed by atoms with Gasteiger partial charge in [0, 0.05) is 25.4 Å². The molecule has 0 aliphatic rings. The number of nitrogens with zero attached hydrogens (tertiary/aromatic N) is 1. The van der Waals surface area contributed by atoms with Crippen LogP contribution >= 0.6 is 0 Å². The summed E-state index contributed by atoms with van der Waals surface area (Å²) in [5.41, 5.74) is 0. The molecule has 0 bridgehead atoms. The van der Waals surface area contributed by atoms with Crippen molar-refractivity contribution in [3.63, 3.8) is 0 Å². The first-order valence-electron chi connectivity index (χ1n) is 6.18. The van der Waals surface area contributed by atoms with Crippen molar-refractivity contribution in [1.29, 1.82) is 0 Å². The van der Waals surface area contributed by atoms with Gasteiger partial charge in [-0.05, 0) is 0 Å². The lowest BCUT2D eigenvalue weighted by Crippen LogP contribution is -2.36. The molecular weight excluding hydrogens is 268 g/mol. The van der Waals surface area contributed by atoms with Gasteiger partial charge < -0.3 is 10.3 Å². The minimum absolute atomic E-state index is 0.0412. The Balaban J connectivity index is 2.45. The molecule has 1 aromatic heterocycles. The molecule has 0 saturated heterocycles. The van der Waals surface area contributed by atoms with Crippen molar-refractivity contribution in [3.05, 3.63) is 12.0 Å². The van der Waals surface area contributed by atoms with Crippen LogP contribution in [0.5, 0.6) is 0 Å². The van der Waals surface area contributed by atoms with Crippen LogP contribution in [0.2, 0.25) is 0 Å². The van der Waals surface area contributed by atoms with Crippen LogP contribution in [0, 0.1) is 5.92 Å². The van der Waals surface area contributed by atoms with Crippen LogP contribution in [0.4, 0.5) is 0 Å². The van der Waals surface area contributed by atoms with Crippen molar-refractivity contribution in [2.45, 2.75) is 32.2 Å². The van der Waals surface area contributed by atoms with E-state index in [2.05, 4.69) is 20.0 Å². The van der Waals surface area contributed by atoms with Gasteiger partial charge in [-0.25, -0.2) is 18.1 Å². The highest BCUT2D eigenvalue weighted by Crippen LogP contribution is 2.05. The zero-order valence-electron chi connectivity index (χ0n) is 11.4. The molecule has 3 N–H and O–H groups in total. The first-order valence-corrected chi connectivity index (χ1v) is 7.66. The number of hydrogen-bond acceptors (Lipinski definition) is 4. The molecule has 0 unspecified atom stereocenters. The lowest BCUT2D eigenvalue weighted by Gasteiger charge is -2.08. The zero-order valence-corrected chi connectivity index (χ0v) is 12.2. The average Bonchev–Trinajstić information content (AvgIpc) is 2.83. The first-order chi connectivity index (χ1) is 8.86. The summed E-state index contributed by atoms with van der Waals surface area (Å²) in [6, 6.07) is 0. The van der Waals surface area contributed by atoms with E-state index in [0.29, 0.717) is 12.2 Å². The van der Waals surface area contributed by atoms with Crippen molar-refractivity contribution < 1.29 is 13.2 Å². The third-order valence-electron chi connectivity index (χ3n) is 2.47. The maximum absolute atomic E-state index is 11.8. The number of imidazole rings is 1. The number of sulfonamides is 1. The number of aromatic nitrogens is 2. The van der Waals surface area contributed by atoms with E-state index in [1.807, 2.05) is 6.92 Å². The third kappa shape index (κ3) is 4.64. The highest BCUT2D eigenvalue weighted by Gasteiger charge is 2.16. The molecule has 0 fully saturated rings. The molecule has 0 aliphatic carbocycles. The maximum atomic E-state index is 11.8. The van der Waals surface area contributed by atoms with E-state index in [1.54, 1.807) is 13.8 Å². The van der Waals surface area contributed by atoms with Gasteiger partial charge in [-0.2, -0.15) is 0 Å². The van der Waals surface area contributed by atoms with Gasteiger partial charge in [0.05, 0.1) is 6.20 Å². The largest absolute Gasteiger partial charge is 0.355 e. The van der Waals surface area contributed by atoms with E-state index in [0.717, 1.165) is 0 Å². The Labute approximate surface area is 113 Å². The zero-order chi connectivity index (χ0) is 14.5. The fourth-order valence-corrected chi connectivity index (χ4v) is 2.28. The Morgan fingerprint density at radius 2 is 2.11 bits per heavy atom. The number of amides is 1. The predicted octanol–water partition coefficient (Wildman–Crippen LogP) is 0.0226. The van der Waals surface area contributed by atoms with Crippen LogP contribution in [0.3, 0.4) is 0 Å². The molecule has 0 saturated carbocycles. The lowest BCUT2D eigenvalue weighted by atomic mass is 10.2. The van der Waals surface area contributed by atoms with Gasteiger partial charge in [0.2, 0.25) is 5.91 Å². The second-order valence-electron chi connectivity index (χ2n) is 4.39. The summed E-state index contributed by atoms with van der Waals surface area (Å²) in [5.74, 6) is 0.402. The average molecular weight is 288 g/mol. The van der Waals surface area contributed by atoms with Crippen molar-refractivity contribution >= 4 is 15.9 Å². The second kappa shape index (κ2) is 6.67. The van der Waals surface area contributed by atoms with Crippen molar-refractivity contribution in [1.82, 2.24) is 20.0 Å². The van der Waals surface area contributed by atoms with Gasteiger partial charge in [0.15, 0.2) is 5.03 Å². The number of rotatable bonds is 7. The van der Waals surface area contributed by atoms with Crippen molar-refractivity contribution in [2.24, 2.45) is 5.92 Å². The summed E-state index contributed by atoms with van der Waals surface area (Å²) in [6.45, 7) is 5.82. The molecule has 8 heteroatoms. The molecule has 1 heterocycles. The summed E-state index contributed by atoms with van der Waals surface area (Å²) in [7, 11) is -3.59.